The van der Waals surface area contributed by atoms with E-state index in [9.17, 15) is 20.1 Å². The Bertz CT molecular complexity index is 1190. The second-order valence-corrected chi connectivity index (χ2v) is 9.52. The molecule has 1 aliphatic heterocycles. The molecule has 36 heavy (non-hydrogen) atoms. The van der Waals surface area contributed by atoms with Gasteiger partial charge in [-0.1, -0.05) is 35.9 Å². The zero-order valence-corrected chi connectivity index (χ0v) is 21.0. The molecular weight excluding hydrogens is 504 g/mol. The molecule has 0 bridgehead atoms. The van der Waals surface area contributed by atoms with Crippen LogP contribution in [-0.4, -0.2) is 58.5 Å². The lowest BCUT2D eigenvalue weighted by atomic mass is 9.90. The van der Waals surface area contributed by atoms with Crippen LogP contribution in [-0.2, 0) is 11.2 Å². The number of thiophene rings is 1. The van der Waals surface area contributed by atoms with Crippen molar-refractivity contribution in [3.05, 3.63) is 86.6 Å². The Balaban J connectivity index is 1.49. The van der Waals surface area contributed by atoms with Gasteiger partial charge in [-0.25, -0.2) is 5.43 Å². The Hall–Kier alpha value is -2.79. The average molecular weight is 531 g/mol. The molecule has 5 atom stereocenters. The number of aliphatic hydroxyl groups excluding tert-OH is 3. The molecule has 8 nitrogen and oxygen atoms in total. The largest absolute Gasteiger partial charge is 0.494 e. The number of hydrogen-bond donors (Lipinski definition) is 4. The number of hydrazone groups is 1. The first-order valence-corrected chi connectivity index (χ1v) is 12.7. The Morgan fingerprint density at radius 2 is 1.92 bits per heavy atom. The summed E-state index contributed by atoms with van der Waals surface area (Å²) in [5, 5.41) is 39.4. The fourth-order valence-electron chi connectivity index (χ4n) is 3.93. The molecule has 10 heteroatoms. The van der Waals surface area contributed by atoms with Crippen molar-refractivity contribution >= 4 is 35.1 Å². The second kappa shape index (κ2) is 12.0. The second-order valence-electron chi connectivity index (χ2n) is 8.33. The van der Waals surface area contributed by atoms with Gasteiger partial charge < -0.3 is 24.8 Å². The number of aliphatic hydroxyl groups is 3. The summed E-state index contributed by atoms with van der Waals surface area (Å²) in [6.45, 7) is 2.51. The summed E-state index contributed by atoms with van der Waals surface area (Å²) >= 11 is 7.83. The Morgan fingerprint density at radius 3 is 2.61 bits per heavy atom. The molecule has 1 aliphatic rings. The number of ether oxygens (including phenoxy) is 2. The number of rotatable bonds is 8. The highest BCUT2D eigenvalue weighted by molar-refractivity contribution is 7.08. The highest BCUT2D eigenvalue weighted by atomic mass is 35.5. The van der Waals surface area contributed by atoms with Crippen LogP contribution in [0.15, 0.2) is 64.4 Å². The number of carbonyl (C=O) groups is 1. The summed E-state index contributed by atoms with van der Waals surface area (Å²) in [7, 11) is 0. The van der Waals surface area contributed by atoms with Gasteiger partial charge in [0.15, 0.2) is 0 Å². The Labute approximate surface area is 217 Å². The van der Waals surface area contributed by atoms with Gasteiger partial charge in [0.1, 0.15) is 36.3 Å². The third-order valence-corrected chi connectivity index (χ3v) is 6.90. The molecule has 3 aromatic rings. The van der Waals surface area contributed by atoms with Gasteiger partial charge in [-0.15, -0.1) is 0 Å². The summed E-state index contributed by atoms with van der Waals surface area (Å²) in [6.07, 6.45) is -4.60. The van der Waals surface area contributed by atoms with E-state index in [1.54, 1.807) is 29.0 Å². The van der Waals surface area contributed by atoms with Crippen LogP contribution in [0.2, 0.25) is 5.02 Å². The third kappa shape index (κ3) is 6.12. The maximum atomic E-state index is 12.1. The monoisotopic (exact) mass is 530 g/mol. The van der Waals surface area contributed by atoms with Crippen LogP contribution in [0.3, 0.4) is 0 Å². The van der Waals surface area contributed by atoms with E-state index >= 15 is 0 Å². The van der Waals surface area contributed by atoms with E-state index < -0.39 is 36.4 Å². The molecule has 1 saturated heterocycles. The van der Waals surface area contributed by atoms with Crippen LogP contribution in [0.4, 0.5) is 0 Å². The molecule has 1 fully saturated rings. The normalized spacial score (nSPS) is 24.1. The molecule has 4 rings (SSSR count). The van der Waals surface area contributed by atoms with Crippen molar-refractivity contribution < 1.29 is 29.6 Å². The lowest BCUT2D eigenvalue weighted by Crippen LogP contribution is -2.54. The van der Waals surface area contributed by atoms with Gasteiger partial charge >= 0.3 is 0 Å². The first kappa shape index (κ1) is 26.3. The first-order valence-electron chi connectivity index (χ1n) is 11.4. The maximum Gasteiger partial charge on any atom is 0.272 e. The van der Waals surface area contributed by atoms with Crippen LogP contribution in [0.25, 0.3) is 0 Å². The van der Waals surface area contributed by atoms with Crippen LogP contribution >= 0.6 is 22.9 Å². The third-order valence-electron chi connectivity index (χ3n) is 5.85. The van der Waals surface area contributed by atoms with Crippen molar-refractivity contribution in [2.75, 3.05) is 6.61 Å². The topological polar surface area (TPSA) is 121 Å². The van der Waals surface area contributed by atoms with Crippen molar-refractivity contribution in [1.82, 2.24) is 5.43 Å². The van der Waals surface area contributed by atoms with E-state index in [2.05, 4.69) is 10.5 Å². The number of nitrogens with zero attached hydrogens (tertiary/aromatic N) is 1. The van der Waals surface area contributed by atoms with Crippen molar-refractivity contribution in [1.29, 1.82) is 0 Å². The predicted octanol–water partition coefficient (Wildman–Crippen LogP) is 3.33. The minimum absolute atomic E-state index is 0.411. The smallest absolute Gasteiger partial charge is 0.272 e. The van der Waals surface area contributed by atoms with Gasteiger partial charge in [0.05, 0.1) is 18.4 Å². The first-order chi connectivity index (χ1) is 17.4. The maximum absolute atomic E-state index is 12.1. The number of amides is 1. The molecule has 0 radical (unpaired) electrons. The predicted molar refractivity (Wildman–Crippen MR) is 138 cm³/mol. The molecule has 4 N–H and O–H groups in total. The lowest BCUT2D eigenvalue weighted by molar-refractivity contribution is -0.205. The van der Waals surface area contributed by atoms with E-state index in [1.807, 2.05) is 37.3 Å². The number of hydrogen-bond acceptors (Lipinski definition) is 8. The Morgan fingerprint density at radius 1 is 1.14 bits per heavy atom. The number of halogens is 1. The molecule has 2 aromatic carbocycles. The SMILES string of the molecule is CCOc1ccc(Cc2cc([C@@H]3O[C@H](/C=N/NC(=O)c4ccsc4)[C@@H](O)[C@H](O)[C@H]3O)ccc2Cl)cc1. The van der Waals surface area contributed by atoms with Crippen LogP contribution < -0.4 is 10.2 Å². The lowest BCUT2D eigenvalue weighted by Gasteiger charge is -2.39. The van der Waals surface area contributed by atoms with E-state index in [-0.39, 0.29) is 0 Å². The van der Waals surface area contributed by atoms with Gasteiger partial charge in [-0.05, 0) is 59.7 Å². The van der Waals surface area contributed by atoms with Crippen LogP contribution in [0, 0.1) is 0 Å². The zero-order chi connectivity index (χ0) is 25.7. The number of nitrogens with one attached hydrogen (secondary N) is 1. The molecule has 2 heterocycles. The van der Waals surface area contributed by atoms with Crippen molar-refractivity contribution in [3.63, 3.8) is 0 Å². The van der Waals surface area contributed by atoms with Gasteiger partial charge in [0, 0.05) is 10.4 Å². The van der Waals surface area contributed by atoms with Crippen molar-refractivity contribution in [2.24, 2.45) is 5.10 Å². The molecule has 0 spiro atoms. The molecule has 0 unspecified atom stereocenters. The van der Waals surface area contributed by atoms with Crippen molar-refractivity contribution in [2.45, 2.75) is 43.9 Å². The highest BCUT2D eigenvalue weighted by Crippen LogP contribution is 2.34. The van der Waals surface area contributed by atoms with Gasteiger partial charge in [-0.3, -0.25) is 4.79 Å². The molecule has 1 aromatic heterocycles. The highest BCUT2D eigenvalue weighted by Gasteiger charge is 2.43. The van der Waals surface area contributed by atoms with E-state index in [1.165, 1.54) is 17.6 Å². The molecule has 0 aliphatic carbocycles. The average Bonchev–Trinajstić information content (AvgIpc) is 3.42. The zero-order valence-electron chi connectivity index (χ0n) is 19.5. The molecule has 1 amide bonds. The summed E-state index contributed by atoms with van der Waals surface area (Å²) in [5.74, 6) is 0.373. The fraction of sp³-hybridized carbons (Fsp3) is 0.308. The van der Waals surface area contributed by atoms with Gasteiger partial charge in [0.25, 0.3) is 5.91 Å². The molecule has 0 saturated carbocycles. The quantitative estimate of drug-likeness (QED) is 0.262. The van der Waals surface area contributed by atoms with Gasteiger partial charge in [0.2, 0.25) is 0 Å². The van der Waals surface area contributed by atoms with Crippen molar-refractivity contribution in [3.8, 4) is 5.75 Å². The summed E-state index contributed by atoms with van der Waals surface area (Å²) in [5.41, 5.74) is 5.23. The van der Waals surface area contributed by atoms with Crippen LogP contribution in [0.5, 0.6) is 5.75 Å². The summed E-state index contributed by atoms with van der Waals surface area (Å²) < 4.78 is 11.4. The fourth-order valence-corrected chi connectivity index (χ4v) is 4.75. The summed E-state index contributed by atoms with van der Waals surface area (Å²) in [6, 6.07) is 14.6. The Kier molecular flexibility index (Phi) is 8.73. The molecule has 190 valence electrons. The number of carbonyl (C=O) groups excluding carboxylic acids is 1. The molecular formula is C26H27ClN2O6S. The van der Waals surface area contributed by atoms with E-state index in [4.69, 9.17) is 21.1 Å². The summed E-state index contributed by atoms with van der Waals surface area (Å²) in [4.78, 5) is 12.1. The standard InChI is InChI=1S/C26H27ClN2O6S/c1-2-34-19-6-3-15(4-7-19)11-18-12-16(5-8-20(18)27)25-24(32)23(31)22(30)21(35-25)13-28-29-26(33)17-9-10-36-14-17/h3-10,12-14,21-25,30-32H,2,11H2,1H3,(H,29,33)/b28-13+/t21-,22-,23+,24-,25+/m1/s1. The van der Waals surface area contributed by atoms with E-state index in [0.29, 0.717) is 29.2 Å². The van der Waals surface area contributed by atoms with Crippen LogP contribution in [0.1, 0.15) is 40.1 Å². The minimum Gasteiger partial charge on any atom is -0.494 e. The minimum atomic E-state index is -1.49. The van der Waals surface area contributed by atoms with Gasteiger partial charge in [-0.2, -0.15) is 16.4 Å². The number of benzene rings is 2. The van der Waals surface area contributed by atoms with E-state index in [0.717, 1.165) is 16.9 Å².